The van der Waals surface area contributed by atoms with Crippen molar-refractivity contribution in [1.29, 1.82) is 0 Å². The van der Waals surface area contributed by atoms with Crippen LogP contribution in [0.5, 0.6) is 0 Å². The van der Waals surface area contributed by atoms with Crippen LogP contribution in [-0.4, -0.2) is 10.9 Å². The summed E-state index contributed by atoms with van der Waals surface area (Å²) < 4.78 is 0.802. The van der Waals surface area contributed by atoms with Gasteiger partial charge in [-0.3, -0.25) is 4.79 Å². The van der Waals surface area contributed by atoms with E-state index < -0.39 is 0 Å². The quantitative estimate of drug-likeness (QED) is 0.936. The summed E-state index contributed by atoms with van der Waals surface area (Å²) in [7, 11) is 0. The van der Waals surface area contributed by atoms with Crippen LogP contribution in [0.1, 0.15) is 27.2 Å². The molecule has 0 bridgehead atoms. The lowest BCUT2D eigenvalue weighted by Gasteiger charge is -2.04. The van der Waals surface area contributed by atoms with E-state index in [9.17, 15) is 4.79 Å². The van der Waals surface area contributed by atoms with Crippen molar-refractivity contribution in [3.63, 3.8) is 0 Å². The van der Waals surface area contributed by atoms with Gasteiger partial charge in [0.1, 0.15) is 5.01 Å². The third-order valence-corrected chi connectivity index (χ3v) is 4.30. The van der Waals surface area contributed by atoms with E-state index >= 15 is 0 Å². The fourth-order valence-electron chi connectivity index (χ4n) is 1.49. The Hall–Kier alpha value is -1.20. The Bertz CT molecular complexity index is 553. The van der Waals surface area contributed by atoms with Crippen molar-refractivity contribution < 1.29 is 4.79 Å². The Kier molecular flexibility index (Phi) is 4.49. The van der Waals surface area contributed by atoms with Crippen LogP contribution in [0.15, 0.2) is 34.9 Å². The molecular formula is C13H13BrN2OS. The zero-order chi connectivity index (χ0) is 13.0. The molecule has 0 radical (unpaired) electrons. The predicted octanol–water partition coefficient (Wildman–Crippen LogP) is 3.40. The van der Waals surface area contributed by atoms with Gasteiger partial charge in [-0.05, 0) is 34.5 Å². The second kappa shape index (κ2) is 6.11. The second-order valence-corrected chi connectivity index (χ2v) is 5.79. The smallest absolute Gasteiger partial charge is 0.252 e. The number of thiazole rings is 1. The molecule has 1 aromatic carbocycles. The van der Waals surface area contributed by atoms with Gasteiger partial charge in [-0.15, -0.1) is 11.3 Å². The van der Waals surface area contributed by atoms with E-state index in [1.807, 2.05) is 24.4 Å². The molecule has 1 heterocycles. The van der Waals surface area contributed by atoms with E-state index in [4.69, 9.17) is 0 Å². The lowest BCUT2D eigenvalue weighted by molar-refractivity contribution is 0.0950. The normalized spacial score (nSPS) is 10.3. The monoisotopic (exact) mass is 324 g/mol. The number of halogens is 1. The number of aromatic nitrogens is 1. The summed E-state index contributed by atoms with van der Waals surface area (Å²) in [4.78, 5) is 17.5. The predicted molar refractivity (Wildman–Crippen MR) is 76.8 cm³/mol. The van der Waals surface area contributed by atoms with Gasteiger partial charge < -0.3 is 5.32 Å². The molecule has 0 unspecified atom stereocenters. The molecule has 0 atom stereocenters. The molecule has 1 amide bonds. The zero-order valence-corrected chi connectivity index (χ0v) is 12.3. The number of carbonyl (C=O) groups is 1. The molecule has 2 aromatic rings. The Labute approximate surface area is 118 Å². The van der Waals surface area contributed by atoms with Crippen molar-refractivity contribution in [2.75, 3.05) is 0 Å². The van der Waals surface area contributed by atoms with E-state index in [2.05, 4.69) is 33.2 Å². The first-order valence-electron chi connectivity index (χ1n) is 5.67. The van der Waals surface area contributed by atoms with E-state index in [-0.39, 0.29) is 5.91 Å². The number of carbonyl (C=O) groups excluding carboxylic acids is 1. The van der Waals surface area contributed by atoms with Crippen LogP contribution in [0.2, 0.25) is 0 Å². The zero-order valence-electron chi connectivity index (χ0n) is 9.94. The highest BCUT2D eigenvalue weighted by atomic mass is 79.9. The average Bonchev–Trinajstić information content (AvgIpc) is 2.84. The number of rotatable bonds is 4. The second-order valence-electron chi connectivity index (χ2n) is 3.74. The topological polar surface area (TPSA) is 42.0 Å². The molecule has 0 aliphatic heterocycles. The molecule has 5 heteroatoms. The molecule has 0 spiro atoms. The maximum absolute atomic E-state index is 12.0. The molecule has 3 nitrogen and oxygen atoms in total. The maximum atomic E-state index is 12.0. The van der Waals surface area contributed by atoms with E-state index in [1.54, 1.807) is 17.4 Å². The Morgan fingerprint density at radius 2 is 2.22 bits per heavy atom. The minimum absolute atomic E-state index is 0.0873. The molecule has 18 heavy (non-hydrogen) atoms. The molecule has 0 aliphatic rings. The molecule has 1 N–H and O–H groups in total. The highest BCUT2D eigenvalue weighted by Crippen LogP contribution is 2.16. The minimum Gasteiger partial charge on any atom is -0.345 e. The number of nitrogens with one attached hydrogen (secondary N) is 1. The number of hydrogen-bond donors (Lipinski definition) is 1. The fourth-order valence-corrected chi connectivity index (χ4v) is 2.76. The van der Waals surface area contributed by atoms with Crippen molar-refractivity contribution >= 4 is 33.2 Å². The molecule has 0 saturated carbocycles. The molecule has 0 aliphatic carbocycles. The Morgan fingerprint density at radius 1 is 1.44 bits per heavy atom. The largest absolute Gasteiger partial charge is 0.345 e. The summed E-state index contributed by atoms with van der Waals surface area (Å²) in [6, 6.07) is 7.37. The number of benzene rings is 1. The summed E-state index contributed by atoms with van der Waals surface area (Å²) in [5.74, 6) is -0.0873. The minimum atomic E-state index is -0.0873. The summed E-state index contributed by atoms with van der Waals surface area (Å²) in [5, 5.41) is 3.81. The van der Waals surface area contributed by atoms with E-state index in [1.165, 1.54) is 4.88 Å². The van der Waals surface area contributed by atoms with Crippen LogP contribution in [0.25, 0.3) is 0 Å². The van der Waals surface area contributed by atoms with Gasteiger partial charge in [-0.1, -0.05) is 19.1 Å². The van der Waals surface area contributed by atoms with Crippen molar-refractivity contribution in [3.05, 3.63) is 50.4 Å². The summed E-state index contributed by atoms with van der Waals surface area (Å²) in [6.45, 7) is 2.57. The van der Waals surface area contributed by atoms with Crippen LogP contribution in [0.4, 0.5) is 0 Å². The maximum Gasteiger partial charge on any atom is 0.252 e. The lowest BCUT2D eigenvalue weighted by atomic mass is 10.2. The SMILES string of the molecule is CCc1cnc(CNC(=O)c2ccccc2Br)s1. The van der Waals surface area contributed by atoms with Gasteiger partial charge in [0, 0.05) is 15.5 Å². The van der Waals surface area contributed by atoms with Crippen molar-refractivity contribution in [3.8, 4) is 0 Å². The van der Waals surface area contributed by atoms with Gasteiger partial charge in [0.15, 0.2) is 0 Å². The molecule has 0 saturated heterocycles. The first kappa shape index (κ1) is 13.2. The standard InChI is InChI=1S/C13H13BrN2OS/c1-2-9-7-15-12(18-9)8-16-13(17)10-5-3-4-6-11(10)14/h3-7H,2,8H2,1H3,(H,16,17). The Balaban J connectivity index is 1.98. The summed E-state index contributed by atoms with van der Waals surface area (Å²) in [6.07, 6.45) is 2.85. The van der Waals surface area contributed by atoms with Crippen molar-refractivity contribution in [1.82, 2.24) is 10.3 Å². The van der Waals surface area contributed by atoms with Crippen molar-refractivity contribution in [2.24, 2.45) is 0 Å². The van der Waals surface area contributed by atoms with Crippen molar-refractivity contribution in [2.45, 2.75) is 19.9 Å². The molecule has 0 fully saturated rings. The molecule has 1 aromatic heterocycles. The third kappa shape index (κ3) is 3.17. The Morgan fingerprint density at radius 3 is 2.89 bits per heavy atom. The summed E-state index contributed by atoms with van der Waals surface area (Å²) >= 11 is 5.00. The van der Waals surface area contributed by atoms with Crippen LogP contribution in [-0.2, 0) is 13.0 Å². The van der Waals surface area contributed by atoms with Crippen LogP contribution >= 0.6 is 27.3 Å². The van der Waals surface area contributed by atoms with Crippen LogP contribution in [0, 0.1) is 0 Å². The number of amides is 1. The van der Waals surface area contributed by atoms with Gasteiger partial charge in [0.2, 0.25) is 0 Å². The number of hydrogen-bond acceptors (Lipinski definition) is 3. The van der Waals surface area contributed by atoms with Gasteiger partial charge in [0.25, 0.3) is 5.91 Å². The van der Waals surface area contributed by atoms with Crippen LogP contribution in [0.3, 0.4) is 0 Å². The third-order valence-electron chi connectivity index (χ3n) is 2.47. The van der Waals surface area contributed by atoms with Gasteiger partial charge in [0.05, 0.1) is 12.1 Å². The summed E-state index contributed by atoms with van der Waals surface area (Å²) in [5.41, 5.74) is 0.643. The van der Waals surface area contributed by atoms with E-state index in [0.717, 1.165) is 15.9 Å². The molecule has 2 rings (SSSR count). The fraction of sp³-hybridized carbons (Fsp3) is 0.231. The first-order chi connectivity index (χ1) is 8.70. The number of aryl methyl sites for hydroxylation is 1. The van der Waals surface area contributed by atoms with Gasteiger partial charge in [-0.2, -0.15) is 0 Å². The first-order valence-corrected chi connectivity index (χ1v) is 7.28. The molecular weight excluding hydrogens is 312 g/mol. The lowest BCUT2D eigenvalue weighted by Crippen LogP contribution is -2.22. The van der Waals surface area contributed by atoms with Crippen LogP contribution < -0.4 is 5.32 Å². The molecule has 94 valence electrons. The van der Waals surface area contributed by atoms with Gasteiger partial charge in [-0.25, -0.2) is 4.98 Å². The highest BCUT2D eigenvalue weighted by molar-refractivity contribution is 9.10. The van der Waals surface area contributed by atoms with E-state index in [0.29, 0.717) is 12.1 Å². The highest BCUT2D eigenvalue weighted by Gasteiger charge is 2.09. The van der Waals surface area contributed by atoms with Gasteiger partial charge >= 0.3 is 0 Å². The average molecular weight is 325 g/mol. The number of nitrogens with zero attached hydrogens (tertiary/aromatic N) is 1.